The van der Waals surface area contributed by atoms with Gasteiger partial charge in [-0.1, -0.05) is 12.2 Å². The van der Waals surface area contributed by atoms with Gasteiger partial charge >= 0.3 is 0 Å². The normalized spacial score (nSPS) is 21.2. The van der Waals surface area contributed by atoms with Crippen molar-refractivity contribution in [1.29, 1.82) is 0 Å². The molecule has 1 aromatic carbocycles. The summed E-state index contributed by atoms with van der Waals surface area (Å²) in [7, 11) is 1.92. The van der Waals surface area contributed by atoms with Crippen LogP contribution in [-0.4, -0.2) is 18.5 Å². The van der Waals surface area contributed by atoms with Gasteiger partial charge in [0.15, 0.2) is 0 Å². The van der Waals surface area contributed by atoms with Gasteiger partial charge in [-0.25, -0.2) is 8.78 Å². The van der Waals surface area contributed by atoms with E-state index in [-0.39, 0.29) is 6.04 Å². The lowest BCUT2D eigenvalue weighted by molar-refractivity contribution is 0.331. The van der Waals surface area contributed by atoms with Crippen LogP contribution in [0.3, 0.4) is 0 Å². The van der Waals surface area contributed by atoms with Crippen molar-refractivity contribution in [1.82, 2.24) is 4.90 Å². The standard InChI is InChI=1S/C12H13F2N/c1-8-6-9(13)7-10(14)12(8)11-4-3-5-15(11)2/h3-4,6-7,11H,5H2,1-2H3. The fraction of sp³-hybridized carbons (Fsp3) is 0.333. The van der Waals surface area contributed by atoms with Crippen LogP contribution in [0.1, 0.15) is 17.2 Å². The Bertz CT molecular complexity index is 389. The first-order chi connectivity index (χ1) is 7.09. The number of rotatable bonds is 1. The van der Waals surface area contributed by atoms with Crippen LogP contribution in [0.25, 0.3) is 0 Å². The Morgan fingerprint density at radius 1 is 1.33 bits per heavy atom. The lowest BCUT2D eigenvalue weighted by Crippen LogP contribution is -2.20. The van der Waals surface area contributed by atoms with Crippen molar-refractivity contribution in [2.75, 3.05) is 13.6 Å². The largest absolute Gasteiger partial charge is 0.292 e. The SMILES string of the molecule is Cc1cc(F)cc(F)c1C1C=CCN1C. The molecule has 1 atom stereocenters. The number of hydrogen-bond acceptors (Lipinski definition) is 1. The molecule has 1 heterocycles. The second-order valence-electron chi connectivity index (χ2n) is 3.93. The average molecular weight is 209 g/mol. The van der Waals surface area contributed by atoms with Gasteiger partial charge < -0.3 is 0 Å². The van der Waals surface area contributed by atoms with Crippen molar-refractivity contribution < 1.29 is 8.78 Å². The van der Waals surface area contributed by atoms with E-state index in [1.54, 1.807) is 6.92 Å². The van der Waals surface area contributed by atoms with E-state index in [1.165, 1.54) is 6.07 Å². The van der Waals surface area contributed by atoms with Gasteiger partial charge in [0, 0.05) is 18.2 Å². The Balaban J connectivity index is 2.48. The average Bonchev–Trinajstić information content (AvgIpc) is 2.50. The highest BCUT2D eigenvalue weighted by atomic mass is 19.1. The minimum absolute atomic E-state index is 0.0643. The maximum Gasteiger partial charge on any atom is 0.131 e. The summed E-state index contributed by atoms with van der Waals surface area (Å²) >= 11 is 0. The Morgan fingerprint density at radius 2 is 2.07 bits per heavy atom. The van der Waals surface area contributed by atoms with E-state index in [9.17, 15) is 8.78 Å². The van der Waals surface area contributed by atoms with E-state index >= 15 is 0 Å². The van der Waals surface area contributed by atoms with Crippen LogP contribution in [-0.2, 0) is 0 Å². The van der Waals surface area contributed by atoms with Gasteiger partial charge in [-0.2, -0.15) is 0 Å². The summed E-state index contributed by atoms with van der Waals surface area (Å²) in [6, 6.07) is 2.26. The maximum absolute atomic E-state index is 13.6. The van der Waals surface area contributed by atoms with Gasteiger partial charge in [0.05, 0.1) is 6.04 Å². The molecule has 0 radical (unpaired) electrons. The molecule has 0 saturated heterocycles. The zero-order valence-corrected chi connectivity index (χ0v) is 8.80. The monoisotopic (exact) mass is 209 g/mol. The molecule has 0 spiro atoms. The molecule has 0 fully saturated rings. The van der Waals surface area contributed by atoms with E-state index in [1.807, 2.05) is 24.1 Å². The topological polar surface area (TPSA) is 3.24 Å². The second kappa shape index (κ2) is 3.74. The van der Waals surface area contributed by atoms with Crippen LogP contribution < -0.4 is 0 Å². The maximum atomic E-state index is 13.6. The molecule has 0 aliphatic carbocycles. The molecular formula is C12H13F2N. The molecule has 15 heavy (non-hydrogen) atoms. The molecule has 0 saturated carbocycles. The summed E-state index contributed by atoms with van der Waals surface area (Å²) in [4.78, 5) is 2.02. The molecular weight excluding hydrogens is 196 g/mol. The van der Waals surface area contributed by atoms with E-state index in [2.05, 4.69) is 0 Å². The zero-order valence-electron chi connectivity index (χ0n) is 8.80. The number of nitrogens with zero attached hydrogens (tertiary/aromatic N) is 1. The third kappa shape index (κ3) is 1.79. The molecule has 1 aromatic rings. The van der Waals surface area contributed by atoms with Gasteiger partial charge in [0.1, 0.15) is 11.6 Å². The Hall–Kier alpha value is -1.22. The molecule has 80 valence electrons. The molecule has 2 rings (SSSR count). The van der Waals surface area contributed by atoms with E-state index in [0.717, 1.165) is 12.6 Å². The summed E-state index contributed by atoms with van der Waals surface area (Å²) in [5, 5.41) is 0. The van der Waals surface area contributed by atoms with Crippen molar-refractivity contribution in [2.24, 2.45) is 0 Å². The Labute approximate surface area is 88.0 Å². The van der Waals surface area contributed by atoms with E-state index < -0.39 is 11.6 Å². The predicted molar refractivity (Wildman–Crippen MR) is 55.6 cm³/mol. The summed E-state index contributed by atoms with van der Waals surface area (Å²) in [6.45, 7) is 2.54. The molecule has 3 heteroatoms. The van der Waals surface area contributed by atoms with Crippen molar-refractivity contribution >= 4 is 0 Å². The summed E-state index contributed by atoms with van der Waals surface area (Å²) < 4.78 is 26.6. The van der Waals surface area contributed by atoms with Gasteiger partial charge in [0.25, 0.3) is 0 Å². The van der Waals surface area contributed by atoms with Crippen LogP contribution in [0.4, 0.5) is 8.78 Å². The summed E-state index contributed by atoms with van der Waals surface area (Å²) in [5.74, 6) is -0.978. The molecule has 0 N–H and O–H groups in total. The third-order valence-corrected chi connectivity index (χ3v) is 2.78. The first kappa shape index (κ1) is 10.3. The van der Waals surface area contributed by atoms with Crippen LogP contribution in [0.5, 0.6) is 0 Å². The fourth-order valence-electron chi connectivity index (χ4n) is 2.02. The van der Waals surface area contributed by atoms with Crippen LogP contribution in [0.2, 0.25) is 0 Å². The van der Waals surface area contributed by atoms with Crippen molar-refractivity contribution in [2.45, 2.75) is 13.0 Å². The lowest BCUT2D eigenvalue weighted by atomic mass is 10.0. The highest BCUT2D eigenvalue weighted by Crippen LogP contribution is 2.30. The lowest BCUT2D eigenvalue weighted by Gasteiger charge is -2.21. The predicted octanol–water partition coefficient (Wildman–Crippen LogP) is 2.82. The molecule has 0 amide bonds. The first-order valence-electron chi connectivity index (χ1n) is 4.92. The minimum Gasteiger partial charge on any atom is -0.292 e. The molecule has 1 aliphatic rings. The highest BCUT2D eigenvalue weighted by molar-refractivity contribution is 5.35. The van der Waals surface area contributed by atoms with Gasteiger partial charge in [-0.3, -0.25) is 4.90 Å². The zero-order chi connectivity index (χ0) is 11.0. The van der Waals surface area contributed by atoms with Gasteiger partial charge in [0.2, 0.25) is 0 Å². The number of hydrogen-bond donors (Lipinski definition) is 0. The van der Waals surface area contributed by atoms with Crippen LogP contribution in [0, 0.1) is 18.6 Å². The van der Waals surface area contributed by atoms with Crippen molar-refractivity contribution in [3.63, 3.8) is 0 Å². The summed E-state index contributed by atoms with van der Waals surface area (Å²) in [5.41, 5.74) is 1.24. The second-order valence-corrected chi connectivity index (χ2v) is 3.93. The Morgan fingerprint density at radius 3 is 2.60 bits per heavy atom. The summed E-state index contributed by atoms with van der Waals surface area (Å²) in [6.07, 6.45) is 3.94. The number of aryl methyl sites for hydroxylation is 1. The Kier molecular flexibility index (Phi) is 2.57. The van der Waals surface area contributed by atoms with Crippen molar-refractivity contribution in [3.8, 4) is 0 Å². The smallest absolute Gasteiger partial charge is 0.131 e. The minimum atomic E-state index is -0.515. The van der Waals surface area contributed by atoms with E-state index in [4.69, 9.17) is 0 Å². The number of halogens is 2. The fourth-order valence-corrected chi connectivity index (χ4v) is 2.02. The molecule has 0 bridgehead atoms. The molecule has 1 nitrogen and oxygen atoms in total. The molecule has 0 aromatic heterocycles. The van der Waals surface area contributed by atoms with Gasteiger partial charge in [-0.05, 0) is 25.6 Å². The van der Waals surface area contributed by atoms with E-state index in [0.29, 0.717) is 11.1 Å². The highest BCUT2D eigenvalue weighted by Gasteiger charge is 2.23. The number of likely N-dealkylation sites (N-methyl/N-ethyl adjacent to an activating group) is 1. The first-order valence-corrected chi connectivity index (χ1v) is 4.92. The van der Waals surface area contributed by atoms with Gasteiger partial charge in [-0.15, -0.1) is 0 Å². The third-order valence-electron chi connectivity index (χ3n) is 2.78. The molecule has 1 aliphatic heterocycles. The van der Waals surface area contributed by atoms with Crippen molar-refractivity contribution in [3.05, 3.63) is 47.0 Å². The number of benzene rings is 1. The quantitative estimate of drug-likeness (QED) is 0.643. The van der Waals surface area contributed by atoms with Crippen LogP contribution >= 0.6 is 0 Å². The van der Waals surface area contributed by atoms with Crippen LogP contribution in [0.15, 0.2) is 24.3 Å². The molecule has 1 unspecified atom stereocenters.